The highest BCUT2D eigenvalue weighted by Crippen LogP contribution is 2.29. The summed E-state index contributed by atoms with van der Waals surface area (Å²) in [7, 11) is 1.98. The molecule has 0 aliphatic carbocycles. The van der Waals surface area contributed by atoms with Gasteiger partial charge < -0.3 is 4.98 Å². The van der Waals surface area contributed by atoms with Crippen molar-refractivity contribution in [2.75, 3.05) is 25.0 Å². The van der Waals surface area contributed by atoms with Crippen LogP contribution in [0.4, 0.5) is 5.82 Å². The van der Waals surface area contributed by atoms with Crippen LogP contribution in [-0.2, 0) is 4.79 Å². The summed E-state index contributed by atoms with van der Waals surface area (Å²) >= 11 is 0. The lowest BCUT2D eigenvalue weighted by molar-refractivity contribution is -0.125. The number of carbonyl (C=O) groups is 1. The number of aromatic nitrogens is 3. The van der Waals surface area contributed by atoms with Gasteiger partial charge in [0.15, 0.2) is 0 Å². The van der Waals surface area contributed by atoms with Gasteiger partial charge in [-0.1, -0.05) is 12.1 Å². The van der Waals surface area contributed by atoms with Crippen molar-refractivity contribution in [1.82, 2.24) is 19.9 Å². The van der Waals surface area contributed by atoms with Crippen LogP contribution in [-0.4, -0.2) is 45.9 Å². The number of rotatable bonds is 2. The van der Waals surface area contributed by atoms with Crippen LogP contribution in [0.2, 0.25) is 0 Å². The summed E-state index contributed by atoms with van der Waals surface area (Å²) in [5, 5.41) is 0. The minimum atomic E-state index is -0.307. The van der Waals surface area contributed by atoms with Gasteiger partial charge >= 0.3 is 0 Å². The van der Waals surface area contributed by atoms with Gasteiger partial charge in [0, 0.05) is 19.3 Å². The molecule has 1 unspecified atom stereocenters. The fourth-order valence-electron chi connectivity index (χ4n) is 3.09. The Labute approximate surface area is 133 Å². The first-order chi connectivity index (χ1) is 11.2. The molecule has 0 saturated carbocycles. The highest BCUT2D eigenvalue weighted by molar-refractivity contribution is 5.98. The fraction of sp³-hybridized carbons (Fsp3) is 0.235. The van der Waals surface area contributed by atoms with E-state index in [0.29, 0.717) is 12.4 Å². The van der Waals surface area contributed by atoms with Crippen LogP contribution in [0.3, 0.4) is 0 Å². The second-order valence-corrected chi connectivity index (χ2v) is 5.74. The topological polar surface area (TPSA) is 65.1 Å². The summed E-state index contributed by atoms with van der Waals surface area (Å²) in [6.45, 7) is 1.45. The standard InChI is InChI=1S/C17H17N5O/c1-21-8-9-22(15-4-2-3-7-18-15)17(23)16(21)12-5-6-13-14(10-12)20-11-19-13/h2-7,10-11,16H,8-9H2,1H3,(H,19,20). The number of anilines is 1. The van der Waals surface area contributed by atoms with Gasteiger partial charge in [-0.2, -0.15) is 0 Å². The van der Waals surface area contributed by atoms with Gasteiger partial charge in [0.25, 0.3) is 0 Å². The molecule has 1 aromatic carbocycles. The van der Waals surface area contributed by atoms with Crippen molar-refractivity contribution in [1.29, 1.82) is 0 Å². The molecule has 1 aliphatic heterocycles. The number of nitrogens with one attached hydrogen (secondary N) is 1. The number of H-pyrrole nitrogens is 1. The largest absolute Gasteiger partial charge is 0.345 e. The van der Waals surface area contributed by atoms with E-state index >= 15 is 0 Å². The number of imidazole rings is 1. The van der Waals surface area contributed by atoms with Crippen LogP contribution in [0.5, 0.6) is 0 Å². The van der Waals surface area contributed by atoms with Crippen molar-refractivity contribution in [2.24, 2.45) is 0 Å². The number of piperazine rings is 1. The SMILES string of the molecule is CN1CCN(c2ccccn2)C(=O)C1c1ccc2nc[nH]c2c1. The Morgan fingerprint density at radius 2 is 2.09 bits per heavy atom. The Hall–Kier alpha value is -2.73. The van der Waals surface area contributed by atoms with Crippen LogP contribution in [0.1, 0.15) is 11.6 Å². The van der Waals surface area contributed by atoms with Crippen molar-refractivity contribution in [3.63, 3.8) is 0 Å². The molecule has 3 aromatic rings. The summed E-state index contributed by atoms with van der Waals surface area (Å²) in [5.41, 5.74) is 2.81. The number of nitrogens with zero attached hydrogens (tertiary/aromatic N) is 4. The molecule has 6 nitrogen and oxygen atoms in total. The van der Waals surface area contributed by atoms with Crippen LogP contribution >= 0.6 is 0 Å². The molecule has 3 heterocycles. The van der Waals surface area contributed by atoms with E-state index in [-0.39, 0.29) is 11.9 Å². The quantitative estimate of drug-likeness (QED) is 0.786. The second kappa shape index (κ2) is 5.48. The number of amides is 1. The zero-order valence-electron chi connectivity index (χ0n) is 12.8. The Morgan fingerprint density at radius 3 is 2.91 bits per heavy atom. The van der Waals surface area contributed by atoms with Crippen LogP contribution in [0, 0.1) is 0 Å². The van der Waals surface area contributed by atoms with Crippen molar-refractivity contribution >= 4 is 22.8 Å². The van der Waals surface area contributed by atoms with E-state index in [1.165, 1.54) is 0 Å². The molecule has 1 fully saturated rings. The molecule has 1 N–H and O–H groups in total. The highest BCUT2D eigenvalue weighted by atomic mass is 16.2. The fourth-order valence-corrected chi connectivity index (χ4v) is 3.09. The van der Waals surface area contributed by atoms with Gasteiger partial charge in [0.2, 0.25) is 5.91 Å². The minimum absolute atomic E-state index is 0.0521. The minimum Gasteiger partial charge on any atom is -0.345 e. The van der Waals surface area contributed by atoms with E-state index in [1.54, 1.807) is 17.4 Å². The number of carbonyl (C=O) groups excluding carboxylic acids is 1. The third-order valence-corrected chi connectivity index (χ3v) is 4.30. The molecule has 6 heteroatoms. The normalized spacial score (nSPS) is 19.4. The van der Waals surface area contributed by atoms with E-state index in [9.17, 15) is 4.79 Å². The van der Waals surface area contributed by atoms with E-state index in [1.807, 2.05) is 43.4 Å². The first-order valence-corrected chi connectivity index (χ1v) is 7.60. The van der Waals surface area contributed by atoms with Gasteiger partial charge in [-0.15, -0.1) is 0 Å². The van der Waals surface area contributed by atoms with Gasteiger partial charge in [-0.25, -0.2) is 9.97 Å². The van der Waals surface area contributed by atoms with E-state index in [0.717, 1.165) is 23.1 Å². The predicted molar refractivity (Wildman–Crippen MR) is 88.1 cm³/mol. The Morgan fingerprint density at radius 1 is 1.17 bits per heavy atom. The Kier molecular flexibility index (Phi) is 3.31. The molecular weight excluding hydrogens is 290 g/mol. The van der Waals surface area contributed by atoms with Crippen LogP contribution < -0.4 is 4.90 Å². The molecule has 0 radical (unpaired) electrons. The molecule has 4 rings (SSSR count). The van der Waals surface area contributed by atoms with E-state index in [2.05, 4.69) is 19.9 Å². The first-order valence-electron chi connectivity index (χ1n) is 7.60. The predicted octanol–water partition coefficient (Wildman–Crippen LogP) is 1.98. The number of pyridine rings is 1. The smallest absolute Gasteiger partial charge is 0.250 e. The molecule has 23 heavy (non-hydrogen) atoms. The number of hydrogen-bond acceptors (Lipinski definition) is 4. The lowest BCUT2D eigenvalue weighted by Gasteiger charge is -2.38. The molecule has 116 valence electrons. The maximum atomic E-state index is 13.0. The third kappa shape index (κ3) is 2.37. The van der Waals surface area contributed by atoms with Gasteiger partial charge in [-0.3, -0.25) is 14.6 Å². The van der Waals surface area contributed by atoms with Crippen molar-refractivity contribution in [3.05, 3.63) is 54.5 Å². The molecule has 1 saturated heterocycles. The lowest BCUT2D eigenvalue weighted by atomic mass is 10.0. The number of benzene rings is 1. The van der Waals surface area contributed by atoms with Crippen LogP contribution in [0.15, 0.2) is 48.9 Å². The first kappa shape index (κ1) is 13.9. The van der Waals surface area contributed by atoms with Crippen molar-refractivity contribution in [3.8, 4) is 0 Å². The zero-order chi connectivity index (χ0) is 15.8. The maximum absolute atomic E-state index is 13.0. The molecular formula is C17H17N5O. The van der Waals surface area contributed by atoms with E-state index < -0.39 is 0 Å². The molecule has 0 spiro atoms. The highest BCUT2D eigenvalue weighted by Gasteiger charge is 2.35. The Bertz CT molecular complexity index is 844. The summed E-state index contributed by atoms with van der Waals surface area (Å²) in [6, 6.07) is 11.2. The third-order valence-electron chi connectivity index (χ3n) is 4.30. The summed E-state index contributed by atoms with van der Waals surface area (Å²) in [4.78, 5) is 28.5. The van der Waals surface area contributed by atoms with Gasteiger partial charge in [0.1, 0.15) is 11.9 Å². The van der Waals surface area contributed by atoms with Gasteiger partial charge in [0.05, 0.1) is 17.4 Å². The molecule has 1 amide bonds. The average molecular weight is 307 g/mol. The molecule has 2 aromatic heterocycles. The number of fused-ring (bicyclic) bond motifs is 1. The van der Waals surface area contributed by atoms with E-state index in [4.69, 9.17) is 0 Å². The zero-order valence-corrected chi connectivity index (χ0v) is 12.8. The lowest BCUT2D eigenvalue weighted by Crippen LogP contribution is -2.51. The Balaban J connectivity index is 1.72. The summed E-state index contributed by atoms with van der Waals surface area (Å²) in [6.07, 6.45) is 3.38. The maximum Gasteiger partial charge on any atom is 0.250 e. The van der Waals surface area contributed by atoms with Crippen molar-refractivity contribution in [2.45, 2.75) is 6.04 Å². The average Bonchev–Trinajstić information content (AvgIpc) is 3.03. The number of hydrogen-bond donors (Lipinski definition) is 1. The molecule has 1 aliphatic rings. The second-order valence-electron chi connectivity index (χ2n) is 5.74. The monoisotopic (exact) mass is 307 g/mol. The summed E-state index contributed by atoms with van der Waals surface area (Å²) in [5.74, 6) is 0.759. The van der Waals surface area contributed by atoms with Gasteiger partial charge in [-0.05, 0) is 36.9 Å². The molecule has 1 atom stereocenters. The molecule has 0 bridgehead atoms. The van der Waals surface area contributed by atoms with Crippen molar-refractivity contribution < 1.29 is 4.79 Å². The number of aromatic amines is 1. The summed E-state index contributed by atoms with van der Waals surface area (Å²) < 4.78 is 0. The van der Waals surface area contributed by atoms with Crippen LogP contribution in [0.25, 0.3) is 11.0 Å². The number of likely N-dealkylation sites (N-methyl/N-ethyl adjacent to an activating group) is 1.